The van der Waals surface area contributed by atoms with Gasteiger partial charge in [-0.15, -0.1) is 0 Å². The van der Waals surface area contributed by atoms with E-state index in [1.807, 2.05) is 36.4 Å². The molecule has 1 aromatic carbocycles. The first kappa shape index (κ1) is 17.4. The van der Waals surface area contributed by atoms with Crippen molar-refractivity contribution in [1.29, 1.82) is 0 Å². The molecule has 2 aromatic rings. The number of aromatic nitrogens is 1. The van der Waals surface area contributed by atoms with Gasteiger partial charge < -0.3 is 10.2 Å². The van der Waals surface area contributed by atoms with Crippen LogP contribution in [0.15, 0.2) is 48.7 Å². The van der Waals surface area contributed by atoms with Crippen molar-refractivity contribution < 1.29 is 9.59 Å². The van der Waals surface area contributed by atoms with Crippen LogP contribution in [-0.2, 0) is 22.6 Å². The van der Waals surface area contributed by atoms with Crippen LogP contribution in [0.25, 0.3) is 0 Å². The maximum atomic E-state index is 12.3. The minimum Gasteiger partial charge on any atom is -0.355 e. The maximum absolute atomic E-state index is 12.3. The Balaban J connectivity index is 1.50. The molecule has 5 nitrogen and oxygen atoms in total. The van der Waals surface area contributed by atoms with E-state index < -0.39 is 0 Å². The average molecular weight is 358 g/mol. The molecule has 1 atom stereocenters. The van der Waals surface area contributed by atoms with Crippen molar-refractivity contribution in [1.82, 2.24) is 15.2 Å². The molecule has 0 aliphatic carbocycles. The zero-order chi connectivity index (χ0) is 17.6. The molecule has 0 saturated carbocycles. The molecular formula is C19H20ClN3O2. The molecule has 1 aliphatic rings. The van der Waals surface area contributed by atoms with E-state index in [1.54, 1.807) is 17.2 Å². The molecule has 0 radical (unpaired) electrons. The van der Waals surface area contributed by atoms with Gasteiger partial charge in [-0.2, -0.15) is 0 Å². The van der Waals surface area contributed by atoms with Gasteiger partial charge in [0.25, 0.3) is 0 Å². The van der Waals surface area contributed by atoms with Gasteiger partial charge in [-0.3, -0.25) is 14.6 Å². The van der Waals surface area contributed by atoms with Crippen molar-refractivity contribution in [3.63, 3.8) is 0 Å². The van der Waals surface area contributed by atoms with E-state index in [0.29, 0.717) is 31.1 Å². The lowest BCUT2D eigenvalue weighted by Gasteiger charge is -2.17. The molecule has 2 heterocycles. The number of nitrogens with zero attached hydrogens (tertiary/aromatic N) is 2. The highest BCUT2D eigenvalue weighted by atomic mass is 35.5. The SMILES string of the molecule is O=C(NCCc1ccccn1)[C@@H]1CC(=O)N(Cc2ccccc2Cl)C1. The minimum atomic E-state index is -0.307. The molecule has 1 aromatic heterocycles. The second kappa shape index (κ2) is 8.12. The Kier molecular flexibility index (Phi) is 5.66. The van der Waals surface area contributed by atoms with Gasteiger partial charge in [-0.05, 0) is 23.8 Å². The molecule has 2 amide bonds. The van der Waals surface area contributed by atoms with E-state index in [9.17, 15) is 9.59 Å². The van der Waals surface area contributed by atoms with Crippen LogP contribution in [0.3, 0.4) is 0 Å². The number of halogens is 1. The van der Waals surface area contributed by atoms with E-state index in [1.165, 1.54) is 0 Å². The number of hydrogen-bond donors (Lipinski definition) is 1. The van der Waals surface area contributed by atoms with E-state index >= 15 is 0 Å². The van der Waals surface area contributed by atoms with Gasteiger partial charge in [0, 0.05) is 49.4 Å². The van der Waals surface area contributed by atoms with E-state index in [4.69, 9.17) is 11.6 Å². The molecule has 0 bridgehead atoms. The number of likely N-dealkylation sites (tertiary alicyclic amines) is 1. The summed E-state index contributed by atoms with van der Waals surface area (Å²) in [6.45, 7) is 1.39. The standard InChI is InChI=1S/C19H20ClN3O2/c20-17-7-2-1-5-14(17)12-23-13-15(11-18(23)24)19(25)22-10-8-16-6-3-4-9-21-16/h1-7,9,15H,8,10-13H2,(H,22,25)/t15-/m1/s1. The predicted molar refractivity (Wildman–Crippen MR) is 95.9 cm³/mol. The predicted octanol–water partition coefficient (Wildman–Crippen LogP) is 2.44. The quantitative estimate of drug-likeness (QED) is 0.863. The van der Waals surface area contributed by atoms with Gasteiger partial charge in [0.15, 0.2) is 0 Å². The van der Waals surface area contributed by atoms with Gasteiger partial charge in [-0.1, -0.05) is 35.9 Å². The van der Waals surface area contributed by atoms with Crippen LogP contribution in [0.2, 0.25) is 5.02 Å². The Hall–Kier alpha value is -2.40. The molecule has 1 N–H and O–H groups in total. The first-order chi connectivity index (χ1) is 12.1. The molecule has 6 heteroatoms. The van der Waals surface area contributed by atoms with E-state index in [2.05, 4.69) is 10.3 Å². The van der Waals surface area contributed by atoms with Gasteiger partial charge in [0.2, 0.25) is 11.8 Å². The molecular weight excluding hydrogens is 338 g/mol. The zero-order valence-corrected chi connectivity index (χ0v) is 14.6. The molecule has 1 saturated heterocycles. The average Bonchev–Trinajstić information content (AvgIpc) is 2.99. The van der Waals surface area contributed by atoms with Crippen molar-refractivity contribution in [2.24, 2.45) is 5.92 Å². The fourth-order valence-corrected chi connectivity index (χ4v) is 3.13. The monoisotopic (exact) mass is 357 g/mol. The fraction of sp³-hybridized carbons (Fsp3) is 0.316. The van der Waals surface area contributed by atoms with Crippen LogP contribution in [0.1, 0.15) is 17.7 Å². The smallest absolute Gasteiger partial charge is 0.225 e. The van der Waals surface area contributed by atoms with Crippen molar-refractivity contribution in [2.75, 3.05) is 13.1 Å². The fourth-order valence-electron chi connectivity index (χ4n) is 2.94. The van der Waals surface area contributed by atoms with Crippen LogP contribution >= 0.6 is 11.6 Å². The van der Waals surface area contributed by atoms with E-state index in [0.717, 1.165) is 11.3 Å². The molecule has 1 fully saturated rings. The van der Waals surface area contributed by atoms with Gasteiger partial charge in [-0.25, -0.2) is 0 Å². The van der Waals surface area contributed by atoms with Crippen molar-refractivity contribution in [3.05, 3.63) is 64.9 Å². The number of hydrogen-bond acceptors (Lipinski definition) is 3. The van der Waals surface area contributed by atoms with Crippen molar-refractivity contribution >= 4 is 23.4 Å². The summed E-state index contributed by atoms with van der Waals surface area (Å²) in [5.74, 6) is -0.394. The lowest BCUT2D eigenvalue weighted by Crippen LogP contribution is -2.34. The second-order valence-corrected chi connectivity index (χ2v) is 6.54. The first-order valence-corrected chi connectivity index (χ1v) is 8.70. The summed E-state index contributed by atoms with van der Waals surface area (Å²) in [7, 11) is 0. The lowest BCUT2D eigenvalue weighted by atomic mass is 10.1. The molecule has 3 rings (SSSR count). The molecule has 130 valence electrons. The Labute approximate surface area is 152 Å². The number of carbonyl (C=O) groups is 2. The summed E-state index contributed by atoms with van der Waals surface area (Å²) < 4.78 is 0. The lowest BCUT2D eigenvalue weighted by molar-refractivity contribution is -0.129. The van der Waals surface area contributed by atoms with Crippen LogP contribution in [-0.4, -0.2) is 34.8 Å². The van der Waals surface area contributed by atoms with Crippen LogP contribution < -0.4 is 5.32 Å². The van der Waals surface area contributed by atoms with Gasteiger partial charge in [0.05, 0.1) is 5.92 Å². The molecule has 0 spiro atoms. The summed E-state index contributed by atoms with van der Waals surface area (Å²) >= 11 is 6.15. The Morgan fingerprint density at radius 2 is 2.04 bits per heavy atom. The summed E-state index contributed by atoms with van der Waals surface area (Å²) in [5, 5.41) is 3.54. The van der Waals surface area contributed by atoms with Gasteiger partial charge >= 0.3 is 0 Å². The van der Waals surface area contributed by atoms with Crippen LogP contribution in [0, 0.1) is 5.92 Å². The zero-order valence-electron chi connectivity index (χ0n) is 13.8. The number of carbonyl (C=O) groups excluding carboxylic acids is 2. The summed E-state index contributed by atoms with van der Waals surface area (Å²) in [4.78, 5) is 30.4. The third-order valence-electron chi connectivity index (χ3n) is 4.31. The topological polar surface area (TPSA) is 62.3 Å². The number of amides is 2. The summed E-state index contributed by atoms with van der Waals surface area (Å²) in [6, 6.07) is 13.2. The number of benzene rings is 1. The number of rotatable bonds is 6. The van der Waals surface area contributed by atoms with E-state index in [-0.39, 0.29) is 24.2 Å². The summed E-state index contributed by atoms with van der Waals surface area (Å²) in [5.41, 5.74) is 1.83. The highest BCUT2D eigenvalue weighted by Crippen LogP contribution is 2.23. The minimum absolute atomic E-state index is 0.00945. The van der Waals surface area contributed by atoms with Crippen LogP contribution in [0.4, 0.5) is 0 Å². The first-order valence-electron chi connectivity index (χ1n) is 8.32. The maximum Gasteiger partial charge on any atom is 0.225 e. The normalized spacial score (nSPS) is 16.9. The molecule has 0 unspecified atom stereocenters. The third kappa shape index (κ3) is 4.57. The van der Waals surface area contributed by atoms with Crippen molar-refractivity contribution in [3.8, 4) is 0 Å². The van der Waals surface area contributed by atoms with Gasteiger partial charge in [0.1, 0.15) is 0 Å². The molecule has 1 aliphatic heterocycles. The largest absolute Gasteiger partial charge is 0.355 e. The number of pyridine rings is 1. The number of nitrogens with one attached hydrogen (secondary N) is 1. The highest BCUT2D eigenvalue weighted by Gasteiger charge is 2.34. The van der Waals surface area contributed by atoms with Crippen LogP contribution in [0.5, 0.6) is 0 Å². The second-order valence-electron chi connectivity index (χ2n) is 6.13. The Morgan fingerprint density at radius 3 is 2.80 bits per heavy atom. The highest BCUT2D eigenvalue weighted by molar-refractivity contribution is 6.31. The Morgan fingerprint density at radius 1 is 1.24 bits per heavy atom. The third-order valence-corrected chi connectivity index (χ3v) is 4.68. The Bertz CT molecular complexity index is 751. The van der Waals surface area contributed by atoms with Crippen molar-refractivity contribution in [2.45, 2.75) is 19.4 Å². The summed E-state index contributed by atoms with van der Waals surface area (Å²) in [6.07, 6.45) is 2.66. The molecule has 25 heavy (non-hydrogen) atoms.